The van der Waals surface area contributed by atoms with Gasteiger partial charge in [0, 0.05) is 31.2 Å². The number of fused-ring (bicyclic) bond motifs is 1. The van der Waals surface area contributed by atoms with Gasteiger partial charge in [-0.2, -0.15) is 0 Å². The SMILES string of the molecule is CN(CCNC(=O)CN1C(=O)CCCc2ccccc21)C1CCCCC1. The molecular formula is C21H31N3O2. The zero-order valence-corrected chi connectivity index (χ0v) is 15.9. The largest absolute Gasteiger partial charge is 0.353 e. The van der Waals surface area contributed by atoms with Gasteiger partial charge < -0.3 is 15.1 Å². The van der Waals surface area contributed by atoms with E-state index >= 15 is 0 Å². The second-order valence-electron chi connectivity index (χ2n) is 7.58. The predicted octanol–water partition coefficient (Wildman–Crippen LogP) is 2.74. The number of benzene rings is 1. The van der Waals surface area contributed by atoms with Crippen LogP contribution >= 0.6 is 0 Å². The summed E-state index contributed by atoms with van der Waals surface area (Å²) in [5.41, 5.74) is 2.05. The van der Waals surface area contributed by atoms with Crippen LogP contribution in [0.15, 0.2) is 24.3 Å². The quantitative estimate of drug-likeness (QED) is 0.852. The summed E-state index contributed by atoms with van der Waals surface area (Å²) in [6.45, 7) is 1.61. The molecule has 0 bridgehead atoms. The maximum absolute atomic E-state index is 12.4. The second kappa shape index (κ2) is 9.17. The van der Waals surface area contributed by atoms with Gasteiger partial charge in [-0.05, 0) is 44.4 Å². The van der Waals surface area contributed by atoms with Gasteiger partial charge in [0.2, 0.25) is 11.8 Å². The molecule has 1 heterocycles. The van der Waals surface area contributed by atoms with Crippen LogP contribution < -0.4 is 10.2 Å². The molecule has 3 rings (SSSR count). The van der Waals surface area contributed by atoms with Crippen molar-refractivity contribution >= 4 is 17.5 Å². The predicted molar refractivity (Wildman–Crippen MR) is 104 cm³/mol. The van der Waals surface area contributed by atoms with Crippen LogP contribution in [0.2, 0.25) is 0 Å². The molecule has 0 aromatic heterocycles. The van der Waals surface area contributed by atoms with Crippen molar-refractivity contribution in [1.29, 1.82) is 0 Å². The highest BCUT2D eigenvalue weighted by Crippen LogP contribution is 2.26. The third-order valence-corrected chi connectivity index (χ3v) is 5.71. The number of hydrogen-bond donors (Lipinski definition) is 1. The standard InChI is InChI=1S/C21H31N3O2/c1-23(18-10-3-2-4-11-18)15-14-22-20(25)16-24-19-12-6-5-8-17(19)9-7-13-21(24)26/h5-6,8,12,18H,2-4,7,9-11,13-16H2,1H3,(H,22,25). The molecule has 0 spiro atoms. The number of nitrogens with one attached hydrogen (secondary N) is 1. The fourth-order valence-corrected chi connectivity index (χ4v) is 4.13. The van der Waals surface area contributed by atoms with Crippen molar-refractivity contribution in [3.05, 3.63) is 29.8 Å². The van der Waals surface area contributed by atoms with Gasteiger partial charge in [-0.3, -0.25) is 9.59 Å². The molecule has 1 aliphatic carbocycles. The van der Waals surface area contributed by atoms with Gasteiger partial charge in [0.15, 0.2) is 0 Å². The Bertz CT molecular complexity index is 625. The normalized spacial score (nSPS) is 18.5. The monoisotopic (exact) mass is 357 g/mol. The van der Waals surface area contributed by atoms with E-state index in [0.29, 0.717) is 19.0 Å². The van der Waals surface area contributed by atoms with Crippen molar-refractivity contribution in [3.63, 3.8) is 0 Å². The Kier molecular flexibility index (Phi) is 6.67. The second-order valence-corrected chi connectivity index (χ2v) is 7.58. The lowest BCUT2D eigenvalue weighted by Gasteiger charge is -2.31. The van der Waals surface area contributed by atoms with Gasteiger partial charge >= 0.3 is 0 Å². The lowest BCUT2D eigenvalue weighted by molar-refractivity contribution is -0.123. The molecular weight excluding hydrogens is 326 g/mol. The molecule has 2 aliphatic rings. The molecule has 26 heavy (non-hydrogen) atoms. The number of nitrogens with zero attached hydrogens (tertiary/aromatic N) is 2. The molecule has 1 aliphatic heterocycles. The Morgan fingerprint density at radius 2 is 1.92 bits per heavy atom. The topological polar surface area (TPSA) is 52.7 Å². The highest BCUT2D eigenvalue weighted by atomic mass is 16.2. The van der Waals surface area contributed by atoms with Crippen molar-refractivity contribution in [2.75, 3.05) is 31.6 Å². The van der Waals surface area contributed by atoms with Crippen LogP contribution in [-0.2, 0) is 16.0 Å². The van der Waals surface area contributed by atoms with E-state index in [1.807, 2.05) is 18.2 Å². The molecule has 0 radical (unpaired) electrons. The van der Waals surface area contributed by atoms with Crippen LogP contribution in [-0.4, -0.2) is 49.4 Å². The van der Waals surface area contributed by atoms with Crippen molar-refractivity contribution in [1.82, 2.24) is 10.2 Å². The number of rotatable bonds is 6. The Balaban J connectivity index is 1.50. The summed E-state index contributed by atoms with van der Waals surface area (Å²) < 4.78 is 0. The Hall–Kier alpha value is -1.88. The van der Waals surface area contributed by atoms with E-state index < -0.39 is 0 Å². The summed E-state index contributed by atoms with van der Waals surface area (Å²) in [6.07, 6.45) is 8.77. The molecule has 1 saturated carbocycles. The fourth-order valence-electron chi connectivity index (χ4n) is 4.13. The van der Waals surface area contributed by atoms with E-state index in [1.165, 1.54) is 32.1 Å². The van der Waals surface area contributed by atoms with Crippen molar-refractivity contribution in [2.24, 2.45) is 0 Å². The summed E-state index contributed by atoms with van der Waals surface area (Å²) in [7, 11) is 2.15. The summed E-state index contributed by atoms with van der Waals surface area (Å²) >= 11 is 0. The third kappa shape index (κ3) is 4.85. The molecule has 1 aromatic carbocycles. The Labute approximate surface area is 156 Å². The Morgan fingerprint density at radius 3 is 2.73 bits per heavy atom. The van der Waals surface area contributed by atoms with Crippen LogP contribution in [0.3, 0.4) is 0 Å². The number of hydrogen-bond acceptors (Lipinski definition) is 3. The van der Waals surface area contributed by atoms with Gasteiger partial charge in [-0.15, -0.1) is 0 Å². The third-order valence-electron chi connectivity index (χ3n) is 5.71. The molecule has 0 unspecified atom stereocenters. The zero-order chi connectivity index (χ0) is 18.4. The minimum Gasteiger partial charge on any atom is -0.353 e. The zero-order valence-electron chi connectivity index (χ0n) is 15.9. The molecule has 142 valence electrons. The van der Waals surface area contributed by atoms with Crippen molar-refractivity contribution in [3.8, 4) is 0 Å². The number of para-hydroxylation sites is 1. The number of anilines is 1. The first-order valence-electron chi connectivity index (χ1n) is 10.0. The maximum Gasteiger partial charge on any atom is 0.240 e. The van der Waals surface area contributed by atoms with Crippen LogP contribution in [0, 0.1) is 0 Å². The van der Waals surface area contributed by atoms with E-state index in [2.05, 4.69) is 23.3 Å². The first-order valence-corrected chi connectivity index (χ1v) is 10.0. The molecule has 0 atom stereocenters. The number of amides is 2. The average Bonchev–Trinajstić information content (AvgIpc) is 2.82. The maximum atomic E-state index is 12.4. The number of carbonyl (C=O) groups excluding carboxylic acids is 2. The number of aryl methyl sites for hydroxylation is 1. The highest BCUT2D eigenvalue weighted by Gasteiger charge is 2.24. The lowest BCUT2D eigenvalue weighted by Crippen LogP contribution is -2.44. The first kappa shape index (κ1) is 18.9. The summed E-state index contributed by atoms with van der Waals surface area (Å²) in [5, 5.41) is 3.00. The molecule has 0 saturated heterocycles. The van der Waals surface area contributed by atoms with Crippen LogP contribution in [0.4, 0.5) is 5.69 Å². The molecule has 1 fully saturated rings. The Morgan fingerprint density at radius 1 is 1.15 bits per heavy atom. The van der Waals surface area contributed by atoms with Crippen LogP contribution in [0.1, 0.15) is 50.5 Å². The van der Waals surface area contributed by atoms with E-state index in [4.69, 9.17) is 0 Å². The van der Waals surface area contributed by atoms with Crippen molar-refractivity contribution in [2.45, 2.75) is 57.4 Å². The summed E-state index contributed by atoms with van der Waals surface area (Å²) in [4.78, 5) is 28.9. The number of likely N-dealkylation sites (N-methyl/N-ethyl adjacent to an activating group) is 1. The lowest BCUT2D eigenvalue weighted by atomic mass is 9.94. The molecule has 1 aromatic rings. The van der Waals surface area contributed by atoms with E-state index in [9.17, 15) is 9.59 Å². The van der Waals surface area contributed by atoms with Gasteiger partial charge in [0.05, 0.1) is 0 Å². The highest BCUT2D eigenvalue weighted by molar-refractivity contribution is 5.99. The first-order chi connectivity index (χ1) is 12.6. The molecule has 5 heteroatoms. The molecule has 2 amide bonds. The number of carbonyl (C=O) groups is 2. The van der Waals surface area contributed by atoms with Crippen molar-refractivity contribution < 1.29 is 9.59 Å². The summed E-state index contributed by atoms with van der Waals surface area (Å²) in [6, 6.07) is 8.58. The summed E-state index contributed by atoms with van der Waals surface area (Å²) in [5.74, 6) is -0.0310. The van der Waals surface area contributed by atoms with Gasteiger partial charge in [0.25, 0.3) is 0 Å². The molecule has 5 nitrogen and oxygen atoms in total. The smallest absolute Gasteiger partial charge is 0.240 e. The van der Waals surface area contributed by atoms with E-state index in [-0.39, 0.29) is 18.4 Å². The van der Waals surface area contributed by atoms with E-state index in [1.54, 1.807) is 4.90 Å². The van der Waals surface area contributed by atoms with E-state index in [0.717, 1.165) is 30.6 Å². The van der Waals surface area contributed by atoms with Gasteiger partial charge in [0.1, 0.15) is 6.54 Å². The fraction of sp³-hybridized carbons (Fsp3) is 0.619. The van der Waals surface area contributed by atoms with Gasteiger partial charge in [-0.25, -0.2) is 0 Å². The van der Waals surface area contributed by atoms with Crippen LogP contribution in [0.5, 0.6) is 0 Å². The minimum absolute atomic E-state index is 0.0458. The van der Waals surface area contributed by atoms with Crippen LogP contribution in [0.25, 0.3) is 0 Å². The minimum atomic E-state index is -0.0768. The van der Waals surface area contributed by atoms with Gasteiger partial charge in [-0.1, -0.05) is 37.5 Å². The molecule has 1 N–H and O–H groups in total. The average molecular weight is 357 g/mol.